The van der Waals surface area contributed by atoms with Crippen molar-refractivity contribution in [1.82, 2.24) is 10.6 Å². The molecule has 0 aliphatic carbocycles. The van der Waals surface area contributed by atoms with Crippen molar-refractivity contribution in [3.8, 4) is 5.75 Å². The zero-order valence-electron chi connectivity index (χ0n) is 15.2. The van der Waals surface area contributed by atoms with Crippen LogP contribution in [0.2, 0.25) is 0 Å². The molecule has 2 rings (SSSR count). The van der Waals surface area contributed by atoms with Crippen LogP contribution in [0.3, 0.4) is 0 Å². The smallest absolute Gasteiger partial charge is 0.416 e. The van der Waals surface area contributed by atoms with E-state index >= 15 is 0 Å². The molecule has 0 saturated carbocycles. The number of benzene rings is 2. The summed E-state index contributed by atoms with van der Waals surface area (Å²) in [6.07, 6.45) is -4.34. The van der Waals surface area contributed by atoms with E-state index in [9.17, 15) is 13.2 Å². The van der Waals surface area contributed by atoms with Crippen LogP contribution in [0.1, 0.15) is 42.6 Å². The predicted octanol–water partition coefficient (Wildman–Crippen LogP) is 4.72. The molecule has 0 fully saturated rings. The van der Waals surface area contributed by atoms with E-state index in [1.54, 1.807) is 20.1 Å². The van der Waals surface area contributed by atoms with Gasteiger partial charge in [0.2, 0.25) is 0 Å². The molecule has 6 heteroatoms. The third kappa shape index (κ3) is 5.47. The summed E-state index contributed by atoms with van der Waals surface area (Å²) in [4.78, 5) is 0. The lowest BCUT2D eigenvalue weighted by Gasteiger charge is -2.20. The summed E-state index contributed by atoms with van der Waals surface area (Å²) < 4.78 is 44.4. The van der Waals surface area contributed by atoms with Gasteiger partial charge in [-0.2, -0.15) is 13.2 Å². The van der Waals surface area contributed by atoms with Crippen LogP contribution in [0.4, 0.5) is 13.2 Å². The average molecular weight is 366 g/mol. The van der Waals surface area contributed by atoms with Crippen molar-refractivity contribution in [2.45, 2.75) is 32.1 Å². The van der Waals surface area contributed by atoms with E-state index < -0.39 is 11.7 Å². The fourth-order valence-electron chi connectivity index (χ4n) is 2.83. The molecule has 0 spiro atoms. The fourth-order valence-corrected chi connectivity index (χ4v) is 2.83. The van der Waals surface area contributed by atoms with E-state index in [2.05, 4.69) is 10.6 Å². The first kappa shape index (κ1) is 20.3. The number of alkyl halides is 3. The zero-order valence-corrected chi connectivity index (χ0v) is 15.2. The molecule has 0 amide bonds. The Morgan fingerprint density at radius 2 is 1.46 bits per heavy atom. The second kappa shape index (κ2) is 9.05. The lowest BCUT2D eigenvalue weighted by molar-refractivity contribution is -0.138. The molecule has 0 aliphatic rings. The number of hydrogen-bond acceptors (Lipinski definition) is 3. The minimum Gasteiger partial charge on any atom is -0.497 e. The largest absolute Gasteiger partial charge is 0.497 e. The molecule has 2 aromatic carbocycles. The van der Waals surface area contributed by atoms with Crippen LogP contribution in [-0.2, 0) is 6.18 Å². The summed E-state index contributed by atoms with van der Waals surface area (Å²) >= 11 is 0. The van der Waals surface area contributed by atoms with Gasteiger partial charge in [-0.3, -0.25) is 0 Å². The zero-order chi connectivity index (χ0) is 19.2. The molecule has 0 saturated heterocycles. The Bertz CT molecular complexity index is 686. The molecule has 0 radical (unpaired) electrons. The normalized spacial score (nSPS) is 14.1. The standard InChI is InChI=1S/C20H25F3N2O/c1-14(16-8-10-17(26-3)11-9-16)24-12-13-25-15(2)18-6-4-5-7-19(18)20(21,22)23/h4-11,14-15,24-25H,12-13H2,1-3H3/t14-,15-/m0/s1. The van der Waals surface area contributed by atoms with Gasteiger partial charge in [-0.1, -0.05) is 30.3 Å². The molecular weight excluding hydrogens is 341 g/mol. The monoisotopic (exact) mass is 366 g/mol. The van der Waals surface area contributed by atoms with Crippen LogP contribution in [-0.4, -0.2) is 20.2 Å². The van der Waals surface area contributed by atoms with Crippen molar-refractivity contribution in [2.24, 2.45) is 0 Å². The second-order valence-corrected chi connectivity index (χ2v) is 6.21. The molecule has 0 aliphatic heterocycles. The fraction of sp³-hybridized carbons (Fsp3) is 0.400. The van der Waals surface area contributed by atoms with E-state index in [4.69, 9.17) is 4.74 Å². The number of halogens is 3. The van der Waals surface area contributed by atoms with Gasteiger partial charge in [0.1, 0.15) is 5.75 Å². The molecular formula is C20H25F3N2O. The molecule has 3 nitrogen and oxygen atoms in total. The van der Waals surface area contributed by atoms with Gasteiger partial charge in [0.15, 0.2) is 0 Å². The lowest BCUT2D eigenvalue weighted by atomic mass is 10.0. The number of ether oxygens (including phenoxy) is 1. The Hall–Kier alpha value is -2.05. The first-order valence-corrected chi connectivity index (χ1v) is 8.59. The Balaban J connectivity index is 1.84. The van der Waals surface area contributed by atoms with Crippen molar-refractivity contribution < 1.29 is 17.9 Å². The summed E-state index contributed by atoms with van der Waals surface area (Å²) in [5.41, 5.74) is 0.809. The maximum Gasteiger partial charge on any atom is 0.416 e. The summed E-state index contributed by atoms with van der Waals surface area (Å²) in [5.74, 6) is 0.805. The Labute approximate surface area is 152 Å². The van der Waals surface area contributed by atoms with Crippen LogP contribution >= 0.6 is 0 Å². The summed E-state index contributed by atoms with van der Waals surface area (Å²) in [5, 5.41) is 6.52. The van der Waals surface area contributed by atoms with E-state index in [-0.39, 0.29) is 17.6 Å². The summed E-state index contributed by atoms with van der Waals surface area (Å²) in [7, 11) is 1.63. The van der Waals surface area contributed by atoms with Gasteiger partial charge in [0.05, 0.1) is 12.7 Å². The molecule has 2 aromatic rings. The lowest BCUT2D eigenvalue weighted by Crippen LogP contribution is -2.31. The topological polar surface area (TPSA) is 33.3 Å². The van der Waals surface area contributed by atoms with Crippen LogP contribution in [0.15, 0.2) is 48.5 Å². The van der Waals surface area contributed by atoms with Gasteiger partial charge in [0.25, 0.3) is 0 Å². The maximum absolute atomic E-state index is 13.1. The summed E-state index contributed by atoms with van der Waals surface area (Å²) in [6.45, 7) is 5.00. The first-order chi connectivity index (χ1) is 12.3. The number of methoxy groups -OCH3 is 1. The Morgan fingerprint density at radius 1 is 0.885 bits per heavy atom. The minimum absolute atomic E-state index is 0.139. The van der Waals surface area contributed by atoms with Crippen molar-refractivity contribution >= 4 is 0 Å². The van der Waals surface area contributed by atoms with E-state index in [1.165, 1.54) is 12.1 Å². The van der Waals surface area contributed by atoms with Crippen molar-refractivity contribution in [1.29, 1.82) is 0 Å². The predicted molar refractivity (Wildman–Crippen MR) is 97.3 cm³/mol. The quantitative estimate of drug-likeness (QED) is 0.664. The number of nitrogens with one attached hydrogen (secondary N) is 2. The molecule has 0 heterocycles. The third-order valence-corrected chi connectivity index (χ3v) is 4.37. The Morgan fingerprint density at radius 3 is 2.04 bits per heavy atom. The highest BCUT2D eigenvalue weighted by molar-refractivity contribution is 5.32. The highest BCUT2D eigenvalue weighted by atomic mass is 19.4. The molecule has 0 aromatic heterocycles. The molecule has 142 valence electrons. The van der Waals surface area contributed by atoms with Crippen molar-refractivity contribution in [3.63, 3.8) is 0 Å². The van der Waals surface area contributed by atoms with E-state index in [0.29, 0.717) is 13.1 Å². The van der Waals surface area contributed by atoms with Crippen molar-refractivity contribution in [3.05, 3.63) is 65.2 Å². The number of hydrogen-bond donors (Lipinski definition) is 2. The SMILES string of the molecule is COc1ccc([C@H](C)NCCN[C@@H](C)c2ccccc2C(F)(F)F)cc1. The second-order valence-electron chi connectivity index (χ2n) is 6.21. The van der Waals surface area contributed by atoms with Crippen LogP contribution < -0.4 is 15.4 Å². The first-order valence-electron chi connectivity index (χ1n) is 8.59. The average Bonchev–Trinajstić information content (AvgIpc) is 2.64. The third-order valence-electron chi connectivity index (χ3n) is 4.37. The van der Waals surface area contributed by atoms with Gasteiger partial charge >= 0.3 is 6.18 Å². The molecule has 0 unspecified atom stereocenters. The van der Waals surface area contributed by atoms with E-state index in [1.807, 2.05) is 31.2 Å². The minimum atomic E-state index is -4.34. The van der Waals surface area contributed by atoms with Crippen LogP contribution in [0.5, 0.6) is 5.75 Å². The van der Waals surface area contributed by atoms with Crippen molar-refractivity contribution in [2.75, 3.05) is 20.2 Å². The van der Waals surface area contributed by atoms with Gasteiger partial charge in [-0.05, 0) is 43.2 Å². The summed E-state index contributed by atoms with van der Waals surface area (Å²) in [6, 6.07) is 13.2. The highest BCUT2D eigenvalue weighted by Crippen LogP contribution is 2.34. The molecule has 2 atom stereocenters. The van der Waals surface area contributed by atoms with Gasteiger partial charge in [0, 0.05) is 25.2 Å². The maximum atomic E-state index is 13.1. The van der Waals surface area contributed by atoms with Crippen LogP contribution in [0, 0.1) is 0 Å². The number of rotatable bonds is 8. The van der Waals surface area contributed by atoms with Gasteiger partial charge in [-0.25, -0.2) is 0 Å². The van der Waals surface area contributed by atoms with E-state index in [0.717, 1.165) is 17.4 Å². The molecule has 26 heavy (non-hydrogen) atoms. The van der Waals surface area contributed by atoms with Gasteiger partial charge < -0.3 is 15.4 Å². The van der Waals surface area contributed by atoms with Crippen LogP contribution in [0.25, 0.3) is 0 Å². The highest BCUT2D eigenvalue weighted by Gasteiger charge is 2.33. The molecule has 0 bridgehead atoms. The molecule has 2 N–H and O–H groups in total. The van der Waals surface area contributed by atoms with Gasteiger partial charge in [-0.15, -0.1) is 0 Å². The Kier molecular flexibility index (Phi) is 7.06.